The molecule has 4 nitrogen and oxygen atoms in total. The third-order valence-electron chi connectivity index (χ3n) is 2.22. The minimum absolute atomic E-state index is 0.533. The number of carboxylic acid groups (broad SMARTS) is 1. The van der Waals surface area contributed by atoms with Crippen molar-refractivity contribution >= 4 is 6.09 Å². The number of carbonyl (C=O) groups is 1. The van der Waals surface area contributed by atoms with E-state index in [1.807, 2.05) is 13.8 Å². The fourth-order valence-corrected chi connectivity index (χ4v) is 1.36. The normalized spacial score (nSPS) is 17.6. The molecule has 13 heavy (non-hydrogen) atoms. The fraction of sp³-hybridized carbons (Fsp3) is 0.889. The van der Waals surface area contributed by atoms with Gasteiger partial charge in [0, 0.05) is 13.1 Å². The van der Waals surface area contributed by atoms with Crippen molar-refractivity contribution in [1.29, 1.82) is 0 Å². The molecule has 0 spiro atoms. The minimum atomic E-state index is -0.805. The summed E-state index contributed by atoms with van der Waals surface area (Å²) in [6.45, 7) is 5.99. The van der Waals surface area contributed by atoms with E-state index < -0.39 is 6.09 Å². The van der Waals surface area contributed by atoms with Gasteiger partial charge in [-0.2, -0.15) is 0 Å². The molecule has 0 aromatic carbocycles. The lowest BCUT2D eigenvalue weighted by atomic mass is 9.97. The smallest absolute Gasteiger partial charge is 0.407 e. The van der Waals surface area contributed by atoms with Crippen LogP contribution < -0.4 is 5.73 Å². The summed E-state index contributed by atoms with van der Waals surface area (Å²) in [6.07, 6.45) is 1.03. The van der Waals surface area contributed by atoms with Crippen LogP contribution in [0, 0.1) is 5.92 Å². The van der Waals surface area contributed by atoms with Gasteiger partial charge in [0.2, 0.25) is 0 Å². The first-order valence-electron chi connectivity index (χ1n) is 4.92. The first-order chi connectivity index (χ1) is 6.24. The summed E-state index contributed by atoms with van der Waals surface area (Å²) in [6, 6.07) is 0. The van der Waals surface area contributed by atoms with E-state index >= 15 is 0 Å². The number of rotatable bonds is 1. The summed E-state index contributed by atoms with van der Waals surface area (Å²) < 4.78 is 0. The molecule has 3 N–H and O–H groups in total. The molecule has 1 amide bonds. The van der Waals surface area contributed by atoms with Gasteiger partial charge in [-0.05, 0) is 25.3 Å². The van der Waals surface area contributed by atoms with Gasteiger partial charge in [-0.1, -0.05) is 13.8 Å². The average molecular weight is 188 g/mol. The first kappa shape index (κ1) is 12.2. The zero-order valence-corrected chi connectivity index (χ0v) is 8.49. The minimum Gasteiger partial charge on any atom is -0.465 e. The molecule has 1 fully saturated rings. The molecule has 0 aliphatic carbocycles. The summed E-state index contributed by atoms with van der Waals surface area (Å²) in [4.78, 5) is 11.9. The molecule has 0 aromatic rings. The number of likely N-dealkylation sites (tertiary alicyclic amines) is 1. The van der Waals surface area contributed by atoms with Gasteiger partial charge >= 0.3 is 6.09 Å². The maximum absolute atomic E-state index is 10.4. The lowest BCUT2D eigenvalue weighted by Crippen LogP contribution is -2.39. The molecule has 1 aliphatic heterocycles. The monoisotopic (exact) mass is 188 g/mol. The topological polar surface area (TPSA) is 66.6 Å². The SMILES string of the molecule is CC.NCC1CCN(C(=O)O)CC1. The van der Waals surface area contributed by atoms with Crippen molar-refractivity contribution in [3.05, 3.63) is 0 Å². The summed E-state index contributed by atoms with van der Waals surface area (Å²) >= 11 is 0. The van der Waals surface area contributed by atoms with Crippen LogP contribution in [-0.4, -0.2) is 35.7 Å². The highest BCUT2D eigenvalue weighted by molar-refractivity contribution is 5.64. The van der Waals surface area contributed by atoms with Crippen molar-refractivity contribution in [3.63, 3.8) is 0 Å². The van der Waals surface area contributed by atoms with Crippen molar-refractivity contribution in [1.82, 2.24) is 4.90 Å². The number of amides is 1. The van der Waals surface area contributed by atoms with Gasteiger partial charge in [0.15, 0.2) is 0 Å². The Morgan fingerprint density at radius 2 is 1.92 bits per heavy atom. The Balaban J connectivity index is 0.000000671. The number of hydrogen-bond acceptors (Lipinski definition) is 2. The van der Waals surface area contributed by atoms with E-state index in [0.717, 1.165) is 12.8 Å². The maximum atomic E-state index is 10.4. The highest BCUT2D eigenvalue weighted by Crippen LogP contribution is 2.15. The molecule has 1 rings (SSSR count). The zero-order chi connectivity index (χ0) is 10.3. The molecule has 1 saturated heterocycles. The maximum Gasteiger partial charge on any atom is 0.407 e. The van der Waals surface area contributed by atoms with E-state index in [4.69, 9.17) is 10.8 Å². The molecule has 4 heteroatoms. The molecule has 0 bridgehead atoms. The lowest BCUT2D eigenvalue weighted by Gasteiger charge is -2.28. The van der Waals surface area contributed by atoms with Crippen LogP contribution in [-0.2, 0) is 0 Å². The Bertz CT molecular complexity index is 143. The van der Waals surface area contributed by atoms with Crippen LogP contribution in [0.5, 0.6) is 0 Å². The molecular formula is C9H20N2O2. The second kappa shape index (κ2) is 6.71. The number of hydrogen-bond donors (Lipinski definition) is 2. The van der Waals surface area contributed by atoms with Gasteiger partial charge in [0.1, 0.15) is 0 Å². The predicted molar refractivity (Wildman–Crippen MR) is 52.7 cm³/mol. The third kappa shape index (κ3) is 4.12. The largest absolute Gasteiger partial charge is 0.465 e. The second-order valence-electron chi connectivity index (χ2n) is 2.95. The van der Waals surface area contributed by atoms with Crippen LogP contribution in [0.1, 0.15) is 26.7 Å². The fourth-order valence-electron chi connectivity index (χ4n) is 1.36. The molecule has 0 unspecified atom stereocenters. The van der Waals surface area contributed by atoms with E-state index in [9.17, 15) is 4.79 Å². The van der Waals surface area contributed by atoms with Crippen LogP contribution in [0.15, 0.2) is 0 Å². The van der Waals surface area contributed by atoms with Crippen LogP contribution >= 0.6 is 0 Å². The van der Waals surface area contributed by atoms with Gasteiger partial charge < -0.3 is 15.7 Å². The van der Waals surface area contributed by atoms with Gasteiger partial charge in [-0.15, -0.1) is 0 Å². The first-order valence-corrected chi connectivity index (χ1v) is 4.92. The van der Waals surface area contributed by atoms with Crippen LogP contribution in [0.25, 0.3) is 0 Å². The highest BCUT2D eigenvalue weighted by Gasteiger charge is 2.20. The van der Waals surface area contributed by atoms with Crippen molar-refractivity contribution in [2.45, 2.75) is 26.7 Å². The summed E-state index contributed by atoms with van der Waals surface area (Å²) in [5.41, 5.74) is 5.46. The Labute approximate surface area is 79.7 Å². The molecule has 78 valence electrons. The Hall–Kier alpha value is -0.770. The number of nitrogens with zero attached hydrogens (tertiary/aromatic N) is 1. The van der Waals surface area contributed by atoms with Crippen molar-refractivity contribution < 1.29 is 9.90 Å². The Morgan fingerprint density at radius 1 is 1.46 bits per heavy atom. The third-order valence-corrected chi connectivity index (χ3v) is 2.22. The molecule has 0 atom stereocenters. The van der Waals surface area contributed by atoms with Crippen molar-refractivity contribution in [2.24, 2.45) is 11.7 Å². The second-order valence-corrected chi connectivity index (χ2v) is 2.95. The quantitative estimate of drug-likeness (QED) is 0.653. The summed E-state index contributed by atoms with van der Waals surface area (Å²) in [5, 5.41) is 8.59. The average Bonchev–Trinajstić information content (AvgIpc) is 2.21. The number of piperidine rings is 1. The Kier molecular flexibility index (Phi) is 6.32. The van der Waals surface area contributed by atoms with Crippen LogP contribution in [0.4, 0.5) is 4.79 Å². The van der Waals surface area contributed by atoms with E-state index in [0.29, 0.717) is 25.6 Å². The predicted octanol–water partition coefficient (Wildman–Crippen LogP) is 1.36. The molecular weight excluding hydrogens is 168 g/mol. The van der Waals surface area contributed by atoms with E-state index in [1.54, 1.807) is 0 Å². The van der Waals surface area contributed by atoms with Crippen molar-refractivity contribution in [2.75, 3.05) is 19.6 Å². The van der Waals surface area contributed by atoms with Gasteiger partial charge in [0.05, 0.1) is 0 Å². The van der Waals surface area contributed by atoms with Crippen LogP contribution in [0.2, 0.25) is 0 Å². The number of nitrogens with two attached hydrogens (primary N) is 1. The van der Waals surface area contributed by atoms with Gasteiger partial charge in [-0.3, -0.25) is 0 Å². The Morgan fingerprint density at radius 3 is 2.23 bits per heavy atom. The zero-order valence-electron chi connectivity index (χ0n) is 8.49. The molecule has 0 saturated carbocycles. The highest BCUT2D eigenvalue weighted by atomic mass is 16.4. The summed E-state index contributed by atoms with van der Waals surface area (Å²) in [7, 11) is 0. The molecule has 0 aromatic heterocycles. The van der Waals surface area contributed by atoms with E-state index in [2.05, 4.69) is 0 Å². The van der Waals surface area contributed by atoms with Crippen LogP contribution in [0.3, 0.4) is 0 Å². The molecule has 0 radical (unpaired) electrons. The standard InChI is InChI=1S/C7H14N2O2.C2H6/c8-5-6-1-3-9(4-2-6)7(10)11;1-2/h6H,1-5,8H2,(H,10,11);1-2H3. The van der Waals surface area contributed by atoms with Gasteiger partial charge in [0.25, 0.3) is 0 Å². The van der Waals surface area contributed by atoms with Gasteiger partial charge in [-0.25, -0.2) is 4.79 Å². The lowest BCUT2D eigenvalue weighted by molar-refractivity contribution is 0.125. The summed E-state index contributed by atoms with van der Waals surface area (Å²) in [5.74, 6) is 0.533. The molecule has 1 aliphatic rings. The van der Waals surface area contributed by atoms with E-state index in [1.165, 1.54) is 4.90 Å². The van der Waals surface area contributed by atoms with Crippen molar-refractivity contribution in [3.8, 4) is 0 Å². The van der Waals surface area contributed by atoms with E-state index in [-0.39, 0.29) is 0 Å². The molecule has 1 heterocycles.